The summed E-state index contributed by atoms with van der Waals surface area (Å²) in [6.07, 6.45) is 2.50. The number of hydrogen-bond donors (Lipinski definition) is 1. The van der Waals surface area contributed by atoms with Gasteiger partial charge in [-0.25, -0.2) is 0 Å². The first-order chi connectivity index (χ1) is 9.65. The minimum atomic E-state index is -0.00970. The normalized spacial score (nSPS) is 17.6. The van der Waals surface area contributed by atoms with Crippen LogP contribution in [0, 0.1) is 0 Å². The number of nitrogens with zero attached hydrogens (tertiary/aromatic N) is 1. The number of rotatable bonds is 2. The molecule has 0 saturated heterocycles. The monoisotopic (exact) mass is 288 g/mol. The zero-order chi connectivity index (χ0) is 14.1. The van der Waals surface area contributed by atoms with Crippen LogP contribution in [0.5, 0.6) is 0 Å². The summed E-state index contributed by atoms with van der Waals surface area (Å²) >= 11 is 1.52. The van der Waals surface area contributed by atoms with Gasteiger partial charge in [0.25, 0.3) is 5.91 Å². The van der Waals surface area contributed by atoms with Crippen molar-refractivity contribution in [3.05, 3.63) is 56.1 Å². The third-order valence-corrected chi connectivity index (χ3v) is 4.53. The Morgan fingerprint density at radius 3 is 3.00 bits per heavy atom. The van der Waals surface area contributed by atoms with Crippen LogP contribution in [0.1, 0.15) is 28.0 Å². The lowest BCUT2D eigenvalue weighted by molar-refractivity contribution is 0.0934. The Hall–Kier alpha value is -1.88. The second kappa shape index (κ2) is 5.25. The van der Waals surface area contributed by atoms with E-state index in [1.165, 1.54) is 11.3 Å². The summed E-state index contributed by atoms with van der Waals surface area (Å²) in [4.78, 5) is 23.6. The molecule has 0 aromatic carbocycles. The van der Waals surface area contributed by atoms with Gasteiger partial charge in [0.15, 0.2) is 0 Å². The average Bonchev–Trinajstić information content (AvgIpc) is 2.97. The molecule has 0 bridgehead atoms. The molecule has 2 aromatic heterocycles. The smallest absolute Gasteiger partial charge is 0.252 e. The van der Waals surface area contributed by atoms with E-state index in [4.69, 9.17) is 0 Å². The Kier molecular flexibility index (Phi) is 3.44. The molecule has 3 rings (SSSR count). The molecule has 0 saturated carbocycles. The summed E-state index contributed by atoms with van der Waals surface area (Å²) in [6, 6.07) is 5.47. The van der Waals surface area contributed by atoms with E-state index in [1.54, 1.807) is 10.6 Å². The maximum Gasteiger partial charge on any atom is 0.252 e. The van der Waals surface area contributed by atoms with Crippen LogP contribution in [0.4, 0.5) is 0 Å². The maximum atomic E-state index is 12.0. The van der Waals surface area contributed by atoms with Gasteiger partial charge in [-0.3, -0.25) is 9.59 Å². The molecule has 5 heteroatoms. The van der Waals surface area contributed by atoms with Gasteiger partial charge in [-0.2, -0.15) is 11.3 Å². The number of amides is 1. The van der Waals surface area contributed by atoms with Crippen LogP contribution in [0.2, 0.25) is 0 Å². The molecule has 104 valence electrons. The van der Waals surface area contributed by atoms with Gasteiger partial charge >= 0.3 is 0 Å². The van der Waals surface area contributed by atoms with Gasteiger partial charge in [0.1, 0.15) is 0 Å². The quantitative estimate of drug-likeness (QED) is 0.915. The molecule has 1 aliphatic carbocycles. The van der Waals surface area contributed by atoms with Crippen LogP contribution in [-0.2, 0) is 19.9 Å². The Bertz CT molecular complexity index is 688. The number of carbonyl (C=O) groups excluding carboxylic acids is 1. The summed E-state index contributed by atoms with van der Waals surface area (Å²) in [5.41, 5.74) is 3.01. The minimum absolute atomic E-state index is 0.00970. The van der Waals surface area contributed by atoms with Crippen molar-refractivity contribution in [1.29, 1.82) is 0 Å². The summed E-state index contributed by atoms with van der Waals surface area (Å²) in [5.74, 6) is -0.00970. The van der Waals surface area contributed by atoms with Crippen LogP contribution in [0.15, 0.2) is 33.8 Å². The molecule has 0 fully saturated rings. The molecule has 1 N–H and O–H groups in total. The van der Waals surface area contributed by atoms with Crippen molar-refractivity contribution in [2.75, 3.05) is 0 Å². The van der Waals surface area contributed by atoms with Crippen molar-refractivity contribution in [2.24, 2.45) is 7.05 Å². The molecule has 2 aromatic rings. The molecule has 2 heterocycles. The van der Waals surface area contributed by atoms with E-state index in [-0.39, 0.29) is 17.5 Å². The average molecular weight is 288 g/mol. The first kappa shape index (κ1) is 13.1. The lowest BCUT2D eigenvalue weighted by Crippen LogP contribution is -2.40. The molecule has 1 amide bonds. The molecule has 0 spiro atoms. The van der Waals surface area contributed by atoms with Crippen molar-refractivity contribution < 1.29 is 4.79 Å². The van der Waals surface area contributed by atoms with Gasteiger partial charge in [0, 0.05) is 35.8 Å². The molecule has 0 aliphatic heterocycles. The van der Waals surface area contributed by atoms with Crippen molar-refractivity contribution in [3.8, 4) is 0 Å². The number of thiophene rings is 1. The van der Waals surface area contributed by atoms with Crippen molar-refractivity contribution in [1.82, 2.24) is 9.88 Å². The number of fused-ring (bicyclic) bond motifs is 1. The SMILES string of the molecule is Cn1c2c(ccc1=O)C[C@@H](NC(=O)c1ccsc1)CC2. The fraction of sp³-hybridized carbons (Fsp3) is 0.333. The first-order valence-corrected chi connectivity index (χ1v) is 7.60. The van der Waals surface area contributed by atoms with Gasteiger partial charge < -0.3 is 9.88 Å². The van der Waals surface area contributed by atoms with E-state index >= 15 is 0 Å². The Balaban J connectivity index is 1.75. The molecule has 4 nitrogen and oxygen atoms in total. The van der Waals surface area contributed by atoms with Gasteiger partial charge in [-0.05, 0) is 36.3 Å². The van der Waals surface area contributed by atoms with Gasteiger partial charge in [-0.1, -0.05) is 6.07 Å². The first-order valence-electron chi connectivity index (χ1n) is 6.66. The third-order valence-electron chi connectivity index (χ3n) is 3.85. The molecule has 1 aliphatic rings. The van der Waals surface area contributed by atoms with Crippen LogP contribution >= 0.6 is 11.3 Å². The molecule has 0 unspecified atom stereocenters. The van der Waals surface area contributed by atoms with Gasteiger partial charge in [0.2, 0.25) is 5.56 Å². The van der Waals surface area contributed by atoms with Crippen LogP contribution in [0.3, 0.4) is 0 Å². The van der Waals surface area contributed by atoms with E-state index < -0.39 is 0 Å². The zero-order valence-electron chi connectivity index (χ0n) is 11.3. The lowest BCUT2D eigenvalue weighted by Gasteiger charge is -2.26. The van der Waals surface area contributed by atoms with E-state index in [0.717, 1.165) is 36.1 Å². The predicted octanol–water partition coefficient (Wildman–Crippen LogP) is 1.73. The Morgan fingerprint density at radius 2 is 2.25 bits per heavy atom. The third kappa shape index (κ3) is 2.41. The predicted molar refractivity (Wildman–Crippen MR) is 79.3 cm³/mol. The summed E-state index contributed by atoms with van der Waals surface area (Å²) < 4.78 is 1.71. The van der Waals surface area contributed by atoms with Gasteiger partial charge in [-0.15, -0.1) is 0 Å². The molecule has 20 heavy (non-hydrogen) atoms. The molecule has 0 radical (unpaired) electrons. The zero-order valence-corrected chi connectivity index (χ0v) is 12.1. The highest BCUT2D eigenvalue weighted by atomic mass is 32.1. The highest BCUT2D eigenvalue weighted by Crippen LogP contribution is 2.20. The fourth-order valence-electron chi connectivity index (χ4n) is 2.71. The number of pyridine rings is 1. The van der Waals surface area contributed by atoms with Gasteiger partial charge in [0.05, 0.1) is 0 Å². The summed E-state index contributed by atoms with van der Waals surface area (Å²) in [5, 5.41) is 6.84. The van der Waals surface area contributed by atoms with E-state index in [0.29, 0.717) is 0 Å². The Labute approximate surface area is 121 Å². The highest BCUT2D eigenvalue weighted by Gasteiger charge is 2.22. The lowest BCUT2D eigenvalue weighted by atomic mass is 9.91. The minimum Gasteiger partial charge on any atom is -0.349 e. The molecule has 1 atom stereocenters. The standard InChI is InChI=1S/C15H16N2O2S/c1-17-13-4-3-12(8-10(13)2-5-14(17)18)16-15(19)11-6-7-20-9-11/h2,5-7,9,12H,3-4,8H2,1H3,(H,16,19)/t12-/m0/s1. The highest BCUT2D eigenvalue weighted by molar-refractivity contribution is 7.08. The summed E-state index contributed by atoms with van der Waals surface area (Å²) in [7, 11) is 1.81. The number of aromatic nitrogens is 1. The van der Waals surface area contributed by atoms with Crippen LogP contribution in [-0.4, -0.2) is 16.5 Å². The summed E-state index contributed by atoms with van der Waals surface area (Å²) in [6.45, 7) is 0. The molecular weight excluding hydrogens is 272 g/mol. The van der Waals surface area contributed by atoms with Crippen LogP contribution in [0.25, 0.3) is 0 Å². The molecular formula is C15H16N2O2S. The number of nitrogens with one attached hydrogen (secondary N) is 1. The Morgan fingerprint density at radius 1 is 1.40 bits per heavy atom. The number of hydrogen-bond acceptors (Lipinski definition) is 3. The van der Waals surface area contributed by atoms with E-state index in [1.807, 2.05) is 29.9 Å². The maximum absolute atomic E-state index is 12.0. The second-order valence-corrected chi connectivity index (χ2v) is 5.91. The fourth-order valence-corrected chi connectivity index (χ4v) is 3.34. The van der Waals surface area contributed by atoms with E-state index in [9.17, 15) is 9.59 Å². The van der Waals surface area contributed by atoms with Crippen molar-refractivity contribution >= 4 is 17.2 Å². The largest absolute Gasteiger partial charge is 0.349 e. The number of carbonyl (C=O) groups is 1. The topological polar surface area (TPSA) is 51.1 Å². The van der Waals surface area contributed by atoms with Crippen molar-refractivity contribution in [2.45, 2.75) is 25.3 Å². The van der Waals surface area contributed by atoms with Crippen LogP contribution < -0.4 is 10.9 Å². The van der Waals surface area contributed by atoms with Crippen molar-refractivity contribution in [3.63, 3.8) is 0 Å². The van der Waals surface area contributed by atoms with E-state index in [2.05, 4.69) is 5.32 Å². The second-order valence-electron chi connectivity index (χ2n) is 5.13.